The summed E-state index contributed by atoms with van der Waals surface area (Å²) in [5.74, 6) is 1.17. The monoisotopic (exact) mass is 689 g/mol. The quantitative estimate of drug-likeness (QED) is 0.122. The van der Waals surface area contributed by atoms with Gasteiger partial charge >= 0.3 is 0 Å². The lowest BCUT2D eigenvalue weighted by Gasteiger charge is -2.23. The van der Waals surface area contributed by atoms with Crippen LogP contribution in [-0.4, -0.2) is 62.7 Å². The molecular weight excluding hydrogens is 634 g/mol. The number of nitrogens with zero attached hydrogens (tertiary/aromatic N) is 4. The van der Waals surface area contributed by atoms with Crippen LogP contribution in [0.4, 0.5) is 15.9 Å². The normalized spacial score (nSPS) is 14.2. The first kappa shape index (κ1) is 39.0. The van der Waals surface area contributed by atoms with E-state index in [9.17, 15) is 4.39 Å². The van der Waals surface area contributed by atoms with Crippen molar-refractivity contribution >= 4 is 22.7 Å². The molecule has 3 aromatic rings. The van der Waals surface area contributed by atoms with Crippen molar-refractivity contribution in [3.63, 3.8) is 0 Å². The third-order valence-electron chi connectivity index (χ3n) is 9.29. The minimum absolute atomic E-state index is 0.249. The summed E-state index contributed by atoms with van der Waals surface area (Å²) in [5.41, 5.74) is 10.4. The first-order chi connectivity index (χ1) is 24.4. The van der Waals surface area contributed by atoms with Crippen LogP contribution in [0.1, 0.15) is 56.2 Å². The van der Waals surface area contributed by atoms with Crippen LogP contribution in [0.25, 0.3) is 22.3 Å². The minimum atomic E-state index is -0.249. The van der Waals surface area contributed by atoms with Gasteiger partial charge < -0.3 is 25.8 Å². The number of aryl methyl sites for hydroxylation is 1. The highest BCUT2D eigenvalue weighted by Crippen LogP contribution is 2.33. The van der Waals surface area contributed by atoms with Gasteiger partial charge in [-0.25, -0.2) is 9.37 Å². The number of benzene rings is 1. The molecule has 1 aliphatic rings. The van der Waals surface area contributed by atoms with E-state index in [-0.39, 0.29) is 5.82 Å². The molecule has 1 aliphatic heterocycles. The number of anilines is 2. The summed E-state index contributed by atoms with van der Waals surface area (Å²) in [6.07, 6.45) is 14.2. The number of hydrogen-bond donors (Lipinski definition) is 3. The Labute approximate surface area is 305 Å². The number of hydrogen-bond acceptors (Lipinski definition) is 7. The fraction of sp³-hybridized carbons (Fsp3) is 0.349. The van der Waals surface area contributed by atoms with E-state index in [0.717, 1.165) is 101 Å². The number of nitrogens with one attached hydrogen (secondary N) is 3. The number of allylic oxidation sites excluding steroid dienone is 7. The largest absolute Gasteiger partial charge is 0.362 e. The van der Waals surface area contributed by atoms with E-state index in [1.54, 1.807) is 18.2 Å². The second-order valence-electron chi connectivity index (χ2n) is 14.0. The van der Waals surface area contributed by atoms with Gasteiger partial charge in [0.1, 0.15) is 11.6 Å². The first-order valence-electron chi connectivity index (χ1n) is 17.7. The zero-order valence-corrected chi connectivity index (χ0v) is 31.5. The summed E-state index contributed by atoms with van der Waals surface area (Å²) < 4.78 is 14.9. The highest BCUT2D eigenvalue weighted by molar-refractivity contribution is 5.86. The third-order valence-corrected chi connectivity index (χ3v) is 9.29. The molecule has 4 rings (SSSR count). The predicted octanol–water partition coefficient (Wildman–Crippen LogP) is 8.84. The Morgan fingerprint density at radius 1 is 0.980 bits per heavy atom. The molecule has 0 aliphatic carbocycles. The van der Waals surface area contributed by atoms with Crippen molar-refractivity contribution in [2.45, 2.75) is 46.0 Å². The van der Waals surface area contributed by atoms with Gasteiger partial charge in [-0.15, -0.1) is 0 Å². The van der Waals surface area contributed by atoms with E-state index in [0.29, 0.717) is 17.2 Å². The predicted molar refractivity (Wildman–Crippen MR) is 216 cm³/mol. The second kappa shape index (κ2) is 18.4. The SMILES string of the molecule is C=C/C=C(\C(C)=C(/C)NC(=C)C(=C)c1cc(-c2cncc(NC(=C)CC3CCNCC3)c2)cnc1N(C)C)c1cc(F)cc(CCCN(C)C)c1. The van der Waals surface area contributed by atoms with Gasteiger partial charge in [0.15, 0.2) is 0 Å². The van der Waals surface area contributed by atoms with Crippen LogP contribution in [0.15, 0.2) is 110 Å². The molecule has 7 nitrogen and oxygen atoms in total. The molecule has 0 amide bonds. The highest BCUT2D eigenvalue weighted by Gasteiger charge is 2.18. The lowest BCUT2D eigenvalue weighted by Crippen LogP contribution is -2.28. The Kier molecular flexibility index (Phi) is 14.1. The molecule has 0 bridgehead atoms. The molecule has 0 saturated carbocycles. The summed E-state index contributed by atoms with van der Waals surface area (Å²) in [7, 11) is 8.02. The molecule has 8 heteroatoms. The van der Waals surface area contributed by atoms with E-state index in [1.165, 1.54) is 12.8 Å². The molecule has 0 unspecified atom stereocenters. The van der Waals surface area contributed by atoms with Gasteiger partial charge in [-0.3, -0.25) is 4.98 Å². The van der Waals surface area contributed by atoms with Crippen molar-refractivity contribution < 1.29 is 4.39 Å². The highest BCUT2D eigenvalue weighted by atomic mass is 19.1. The van der Waals surface area contributed by atoms with Crippen molar-refractivity contribution in [1.29, 1.82) is 0 Å². The molecule has 3 N–H and O–H groups in total. The van der Waals surface area contributed by atoms with Crippen LogP contribution in [-0.2, 0) is 6.42 Å². The molecule has 0 atom stereocenters. The maximum absolute atomic E-state index is 14.9. The van der Waals surface area contributed by atoms with Gasteiger partial charge in [-0.05, 0) is 132 Å². The minimum Gasteiger partial charge on any atom is -0.362 e. The molecule has 1 aromatic carbocycles. The third kappa shape index (κ3) is 11.1. The summed E-state index contributed by atoms with van der Waals surface area (Å²) in [6, 6.07) is 9.45. The summed E-state index contributed by atoms with van der Waals surface area (Å²) in [6.45, 7) is 24.1. The molecule has 270 valence electrons. The zero-order valence-electron chi connectivity index (χ0n) is 31.5. The van der Waals surface area contributed by atoms with Gasteiger partial charge in [0.2, 0.25) is 0 Å². The van der Waals surface area contributed by atoms with E-state index < -0.39 is 0 Å². The molecule has 1 fully saturated rings. The van der Waals surface area contributed by atoms with Crippen molar-refractivity contribution in [3.05, 3.63) is 133 Å². The molecule has 0 radical (unpaired) electrons. The number of aromatic nitrogens is 2. The number of piperidine rings is 1. The van der Waals surface area contributed by atoms with Gasteiger partial charge in [-0.1, -0.05) is 44.5 Å². The lowest BCUT2D eigenvalue weighted by molar-refractivity contribution is 0.373. The molecule has 2 aromatic heterocycles. The van der Waals surface area contributed by atoms with Gasteiger partial charge in [0.25, 0.3) is 0 Å². The average molecular weight is 690 g/mol. The average Bonchev–Trinajstić information content (AvgIpc) is 3.09. The topological polar surface area (TPSA) is 68.3 Å². The van der Waals surface area contributed by atoms with Crippen LogP contribution in [0.3, 0.4) is 0 Å². The Balaban J connectivity index is 1.55. The van der Waals surface area contributed by atoms with Crippen LogP contribution in [0.2, 0.25) is 0 Å². The maximum atomic E-state index is 14.9. The van der Waals surface area contributed by atoms with Gasteiger partial charge in [0, 0.05) is 65.8 Å². The Hall–Kier alpha value is -4.79. The lowest BCUT2D eigenvalue weighted by atomic mass is 9.93. The summed E-state index contributed by atoms with van der Waals surface area (Å²) >= 11 is 0. The Bertz CT molecular complexity index is 1790. The van der Waals surface area contributed by atoms with E-state index in [1.807, 2.05) is 71.6 Å². The molecule has 0 spiro atoms. The molecule has 51 heavy (non-hydrogen) atoms. The fourth-order valence-electron chi connectivity index (χ4n) is 6.41. The molecule has 1 saturated heterocycles. The van der Waals surface area contributed by atoms with Crippen LogP contribution in [0.5, 0.6) is 0 Å². The van der Waals surface area contributed by atoms with E-state index >= 15 is 0 Å². The Morgan fingerprint density at radius 2 is 1.71 bits per heavy atom. The van der Waals surface area contributed by atoms with Crippen molar-refractivity contribution in [1.82, 2.24) is 25.5 Å². The first-order valence-corrected chi connectivity index (χ1v) is 17.7. The van der Waals surface area contributed by atoms with Crippen molar-refractivity contribution in [2.24, 2.45) is 5.92 Å². The van der Waals surface area contributed by atoms with Crippen LogP contribution < -0.4 is 20.9 Å². The summed E-state index contributed by atoms with van der Waals surface area (Å²) in [4.78, 5) is 13.5. The van der Waals surface area contributed by atoms with E-state index in [4.69, 9.17) is 4.98 Å². The molecule has 3 heterocycles. The smallest absolute Gasteiger partial charge is 0.135 e. The van der Waals surface area contributed by atoms with Gasteiger partial charge in [0.05, 0.1) is 11.9 Å². The van der Waals surface area contributed by atoms with Crippen molar-refractivity contribution in [3.8, 4) is 11.1 Å². The van der Waals surface area contributed by atoms with Gasteiger partial charge in [-0.2, -0.15) is 0 Å². The fourth-order valence-corrected chi connectivity index (χ4v) is 6.41. The Morgan fingerprint density at radius 3 is 2.39 bits per heavy atom. The van der Waals surface area contributed by atoms with Crippen LogP contribution in [0, 0.1) is 11.7 Å². The number of halogens is 1. The number of pyridine rings is 2. The summed E-state index contributed by atoms with van der Waals surface area (Å²) in [5, 5.41) is 10.4. The van der Waals surface area contributed by atoms with Crippen LogP contribution >= 0.6 is 0 Å². The second-order valence-corrected chi connectivity index (χ2v) is 14.0. The maximum Gasteiger partial charge on any atom is 0.135 e. The molecular formula is C43H56FN7. The standard InChI is InChI=1S/C43H56FN7/c1-11-13-41(36-21-35(22-39(44)23-36)14-12-19-50(7)8)30(3)32(5)49-33(6)31(4)42-25-38(27-47-43(42)51(9)10)37-24-40(28-46-26-37)48-29(2)20-34-15-17-45-18-16-34/h11,13,21-28,34,45,48-49H,1-2,4,6,12,14-20H2,3,5,7-10H3/b32-30+,41-13+. The van der Waals surface area contributed by atoms with Crippen molar-refractivity contribution in [2.75, 3.05) is 58.0 Å². The van der Waals surface area contributed by atoms with E-state index in [2.05, 4.69) is 70.3 Å². The number of rotatable bonds is 17. The zero-order chi connectivity index (χ0) is 37.1.